The molecule has 0 heterocycles. The van der Waals surface area contributed by atoms with Gasteiger partial charge in [0.15, 0.2) is 0 Å². The zero-order valence-corrected chi connectivity index (χ0v) is 13.2. The van der Waals surface area contributed by atoms with Crippen LogP contribution in [0.5, 0.6) is 0 Å². The standard InChI is InChI=1S/C16H30F2O/c1-13(2)19-12-15(10-11-15)8-6-7-9-16(17,18)14(3,4)5/h13H,6-12H2,1-5H3. The number of ether oxygens (including phenoxy) is 1. The molecule has 1 saturated carbocycles. The van der Waals surface area contributed by atoms with E-state index in [1.165, 1.54) is 12.8 Å². The van der Waals surface area contributed by atoms with E-state index in [1.54, 1.807) is 20.8 Å². The number of rotatable bonds is 8. The molecule has 0 aromatic rings. The van der Waals surface area contributed by atoms with Crippen LogP contribution in [0, 0.1) is 10.8 Å². The van der Waals surface area contributed by atoms with Gasteiger partial charge in [-0.05, 0) is 44.9 Å². The maximum atomic E-state index is 13.8. The number of hydrogen-bond donors (Lipinski definition) is 0. The Morgan fingerprint density at radius 2 is 1.68 bits per heavy atom. The van der Waals surface area contributed by atoms with Crippen molar-refractivity contribution in [1.82, 2.24) is 0 Å². The van der Waals surface area contributed by atoms with E-state index in [-0.39, 0.29) is 12.5 Å². The van der Waals surface area contributed by atoms with Crippen molar-refractivity contribution >= 4 is 0 Å². The zero-order valence-electron chi connectivity index (χ0n) is 13.2. The minimum Gasteiger partial charge on any atom is -0.378 e. The van der Waals surface area contributed by atoms with Gasteiger partial charge in [0.25, 0.3) is 5.92 Å². The highest BCUT2D eigenvalue weighted by Crippen LogP contribution is 2.50. The van der Waals surface area contributed by atoms with Gasteiger partial charge in [-0.2, -0.15) is 0 Å². The molecule has 0 radical (unpaired) electrons. The van der Waals surface area contributed by atoms with Gasteiger partial charge in [-0.25, -0.2) is 8.78 Å². The van der Waals surface area contributed by atoms with E-state index in [0.29, 0.717) is 11.8 Å². The molecule has 3 heteroatoms. The average Bonchev–Trinajstić information content (AvgIpc) is 3.01. The lowest BCUT2D eigenvalue weighted by atomic mass is 9.84. The lowest BCUT2D eigenvalue weighted by Crippen LogP contribution is -2.33. The van der Waals surface area contributed by atoms with Crippen molar-refractivity contribution in [2.45, 2.75) is 85.2 Å². The Hall–Kier alpha value is -0.180. The summed E-state index contributed by atoms with van der Waals surface area (Å²) >= 11 is 0. The van der Waals surface area contributed by atoms with Crippen LogP contribution in [0.2, 0.25) is 0 Å². The molecule has 1 aliphatic carbocycles. The normalized spacial score (nSPS) is 18.9. The van der Waals surface area contributed by atoms with Crippen molar-refractivity contribution < 1.29 is 13.5 Å². The van der Waals surface area contributed by atoms with Gasteiger partial charge in [-0.3, -0.25) is 0 Å². The first-order chi connectivity index (χ1) is 8.58. The highest BCUT2D eigenvalue weighted by atomic mass is 19.3. The van der Waals surface area contributed by atoms with Crippen LogP contribution < -0.4 is 0 Å². The summed E-state index contributed by atoms with van der Waals surface area (Å²) in [6.45, 7) is 9.74. The lowest BCUT2D eigenvalue weighted by Gasteiger charge is -2.30. The van der Waals surface area contributed by atoms with Gasteiger partial charge in [-0.15, -0.1) is 0 Å². The summed E-state index contributed by atoms with van der Waals surface area (Å²) < 4.78 is 33.3. The van der Waals surface area contributed by atoms with E-state index in [0.717, 1.165) is 19.4 Å². The van der Waals surface area contributed by atoms with Crippen LogP contribution in [0.4, 0.5) is 8.78 Å². The van der Waals surface area contributed by atoms with Gasteiger partial charge in [0, 0.05) is 11.8 Å². The Morgan fingerprint density at radius 1 is 1.11 bits per heavy atom. The van der Waals surface area contributed by atoms with Crippen molar-refractivity contribution in [3.05, 3.63) is 0 Å². The molecular formula is C16H30F2O. The lowest BCUT2D eigenvalue weighted by molar-refractivity contribution is -0.104. The van der Waals surface area contributed by atoms with E-state index in [9.17, 15) is 8.78 Å². The molecule has 0 atom stereocenters. The minimum absolute atomic E-state index is 0.0115. The first kappa shape index (κ1) is 16.9. The van der Waals surface area contributed by atoms with E-state index in [4.69, 9.17) is 4.74 Å². The summed E-state index contributed by atoms with van der Waals surface area (Å²) in [6, 6.07) is 0. The fraction of sp³-hybridized carbons (Fsp3) is 1.00. The molecule has 0 aromatic carbocycles. The highest BCUT2D eigenvalue weighted by Gasteiger charge is 2.44. The molecule has 0 N–H and O–H groups in total. The van der Waals surface area contributed by atoms with Gasteiger partial charge in [0.05, 0.1) is 12.7 Å². The van der Waals surface area contributed by atoms with Gasteiger partial charge in [0.2, 0.25) is 0 Å². The van der Waals surface area contributed by atoms with E-state index < -0.39 is 11.3 Å². The third-order valence-corrected chi connectivity index (χ3v) is 4.23. The molecule has 0 spiro atoms. The number of halogens is 2. The van der Waals surface area contributed by atoms with Crippen LogP contribution >= 0.6 is 0 Å². The largest absolute Gasteiger partial charge is 0.378 e. The Labute approximate surface area is 117 Å². The molecule has 0 unspecified atom stereocenters. The monoisotopic (exact) mass is 276 g/mol. The van der Waals surface area contributed by atoms with Gasteiger partial charge >= 0.3 is 0 Å². The smallest absolute Gasteiger partial charge is 0.252 e. The Kier molecular flexibility index (Phi) is 5.39. The van der Waals surface area contributed by atoms with Gasteiger partial charge in [0.1, 0.15) is 0 Å². The molecule has 0 saturated heterocycles. The minimum atomic E-state index is -2.56. The van der Waals surface area contributed by atoms with Crippen molar-refractivity contribution in [3.63, 3.8) is 0 Å². The molecule has 1 rings (SSSR count). The zero-order chi connectivity index (χ0) is 14.7. The topological polar surface area (TPSA) is 9.23 Å². The van der Waals surface area contributed by atoms with Crippen LogP contribution in [-0.4, -0.2) is 18.6 Å². The van der Waals surface area contributed by atoms with Crippen molar-refractivity contribution in [2.24, 2.45) is 10.8 Å². The van der Waals surface area contributed by atoms with Crippen LogP contribution in [0.15, 0.2) is 0 Å². The van der Waals surface area contributed by atoms with Crippen molar-refractivity contribution in [3.8, 4) is 0 Å². The molecule has 1 fully saturated rings. The summed E-state index contributed by atoms with van der Waals surface area (Å²) in [5.74, 6) is -2.56. The fourth-order valence-electron chi connectivity index (χ4n) is 2.21. The second-order valence-corrected chi connectivity index (χ2v) is 7.52. The molecule has 0 aliphatic heterocycles. The summed E-state index contributed by atoms with van der Waals surface area (Å²) in [7, 11) is 0. The number of hydrogen-bond acceptors (Lipinski definition) is 1. The van der Waals surface area contributed by atoms with Crippen LogP contribution in [0.25, 0.3) is 0 Å². The maximum absolute atomic E-state index is 13.8. The maximum Gasteiger partial charge on any atom is 0.252 e. The van der Waals surface area contributed by atoms with Gasteiger partial charge < -0.3 is 4.74 Å². The predicted molar refractivity (Wildman–Crippen MR) is 75.6 cm³/mol. The summed E-state index contributed by atoms with van der Waals surface area (Å²) in [5.41, 5.74) is -0.605. The van der Waals surface area contributed by atoms with Gasteiger partial charge in [-0.1, -0.05) is 27.2 Å². The molecule has 1 aliphatic rings. The van der Waals surface area contributed by atoms with Crippen LogP contribution in [0.3, 0.4) is 0 Å². The Balaban J connectivity index is 2.21. The second kappa shape index (κ2) is 6.07. The fourth-order valence-corrected chi connectivity index (χ4v) is 2.21. The molecule has 114 valence electrons. The Morgan fingerprint density at radius 3 is 2.11 bits per heavy atom. The number of alkyl halides is 2. The third-order valence-electron chi connectivity index (χ3n) is 4.23. The third kappa shape index (κ3) is 5.37. The number of unbranched alkanes of at least 4 members (excludes halogenated alkanes) is 1. The van der Waals surface area contributed by atoms with E-state index in [1.807, 2.05) is 13.8 Å². The first-order valence-electron chi connectivity index (χ1n) is 7.57. The van der Waals surface area contributed by atoms with Crippen LogP contribution in [-0.2, 0) is 4.74 Å². The molecular weight excluding hydrogens is 246 g/mol. The van der Waals surface area contributed by atoms with Crippen LogP contribution in [0.1, 0.15) is 73.1 Å². The quantitative estimate of drug-likeness (QED) is 0.537. The first-order valence-corrected chi connectivity index (χ1v) is 7.57. The average molecular weight is 276 g/mol. The van der Waals surface area contributed by atoms with Crippen molar-refractivity contribution in [2.75, 3.05) is 6.61 Å². The summed E-state index contributed by atoms with van der Waals surface area (Å²) in [5, 5.41) is 0. The summed E-state index contributed by atoms with van der Waals surface area (Å²) in [6.07, 6.45) is 5.24. The molecule has 0 aromatic heterocycles. The van der Waals surface area contributed by atoms with Crippen molar-refractivity contribution in [1.29, 1.82) is 0 Å². The Bertz CT molecular complexity index is 275. The molecule has 19 heavy (non-hydrogen) atoms. The predicted octanol–water partition coefficient (Wildman–Crippen LogP) is 5.43. The molecule has 1 nitrogen and oxygen atoms in total. The second-order valence-electron chi connectivity index (χ2n) is 7.52. The van der Waals surface area contributed by atoms with E-state index >= 15 is 0 Å². The molecule has 0 amide bonds. The summed E-state index contributed by atoms with van der Waals surface area (Å²) in [4.78, 5) is 0. The SMILES string of the molecule is CC(C)OCC1(CCCCC(F)(F)C(C)(C)C)CC1. The highest BCUT2D eigenvalue weighted by molar-refractivity contribution is 4.93. The molecule has 0 bridgehead atoms. The van der Waals surface area contributed by atoms with E-state index in [2.05, 4.69) is 0 Å².